The molecule has 2 rings (SSSR count). The van der Waals surface area contributed by atoms with Crippen molar-refractivity contribution < 1.29 is 64.6 Å². The molecule has 0 aromatic carbocycles. The van der Waals surface area contributed by atoms with Gasteiger partial charge in [0.15, 0.2) is 12.6 Å². The number of nitrogens with one attached hydrogen (secondary N) is 1. The molecule has 2 fully saturated rings. The van der Waals surface area contributed by atoms with Gasteiger partial charge >= 0.3 is 0 Å². The van der Waals surface area contributed by atoms with Crippen LogP contribution in [-0.2, 0) is 23.7 Å². The smallest absolute Gasteiger partial charge is 0.220 e. The summed E-state index contributed by atoms with van der Waals surface area (Å²) in [5.41, 5.74) is 0. The summed E-state index contributed by atoms with van der Waals surface area (Å²) in [6.07, 6.45) is 96.5. The van der Waals surface area contributed by atoms with Crippen molar-refractivity contribution in [2.75, 3.05) is 19.8 Å². The zero-order valence-corrected chi connectivity index (χ0v) is 67.6. The molecule has 14 nitrogen and oxygen atoms in total. The fourth-order valence-corrected chi connectivity index (χ4v) is 13.5. The highest BCUT2D eigenvalue weighted by Crippen LogP contribution is 2.30. The molecule has 107 heavy (non-hydrogen) atoms. The Balaban J connectivity index is 1.62. The zero-order chi connectivity index (χ0) is 77.2. The molecule has 0 radical (unpaired) electrons. The quantitative estimate of drug-likeness (QED) is 0.0204. The van der Waals surface area contributed by atoms with Crippen molar-refractivity contribution in [1.82, 2.24) is 5.32 Å². The van der Waals surface area contributed by atoms with E-state index < -0.39 is 86.8 Å². The maximum Gasteiger partial charge on any atom is 0.220 e. The Kier molecular flexibility index (Phi) is 69.0. The van der Waals surface area contributed by atoms with Crippen LogP contribution in [0.4, 0.5) is 0 Å². The molecular formula is C93H159NO13. The highest BCUT2D eigenvalue weighted by atomic mass is 16.7. The van der Waals surface area contributed by atoms with Gasteiger partial charge < -0.3 is 65.1 Å². The SMILES string of the molecule is CC/C=C\C/C=C\C/C=C\C/C=C\C/C=C\C/C=C\C/C=C\C/C=C\C/C=C\C/C=C\C/C=C\CCCCCCCCCC(=O)NC(COC1OC(CO)C(OC2OC(CO)C(O)C(O)C2O)C(O)C1O)C(O)/C=C/CCCCCCCCCCCCCCCCCCCCCCCCCCCCCCCC. The van der Waals surface area contributed by atoms with Gasteiger partial charge in [0.1, 0.15) is 48.8 Å². The summed E-state index contributed by atoms with van der Waals surface area (Å²) in [7, 11) is 0. The van der Waals surface area contributed by atoms with Gasteiger partial charge in [-0.2, -0.15) is 0 Å². The van der Waals surface area contributed by atoms with Gasteiger partial charge in [0.05, 0.1) is 32.0 Å². The van der Waals surface area contributed by atoms with Crippen LogP contribution in [0.25, 0.3) is 0 Å². The number of ether oxygens (including phenoxy) is 4. The Hall–Kier alpha value is -4.13. The van der Waals surface area contributed by atoms with Crippen LogP contribution in [0.3, 0.4) is 0 Å². The molecule has 0 saturated carbocycles. The van der Waals surface area contributed by atoms with Crippen molar-refractivity contribution in [3.05, 3.63) is 146 Å². The molecule has 12 atom stereocenters. The molecule has 0 aliphatic carbocycles. The maximum absolute atomic E-state index is 13.4. The van der Waals surface area contributed by atoms with Gasteiger partial charge in [-0.05, 0) is 103 Å². The second-order valence-corrected chi connectivity index (χ2v) is 29.9. The van der Waals surface area contributed by atoms with Gasteiger partial charge in [-0.25, -0.2) is 0 Å². The molecule has 14 heteroatoms. The molecule has 614 valence electrons. The number of amides is 1. The minimum atomic E-state index is -1.80. The van der Waals surface area contributed by atoms with Gasteiger partial charge in [-0.15, -0.1) is 0 Å². The lowest BCUT2D eigenvalue weighted by Gasteiger charge is -2.46. The molecule has 12 unspecified atom stereocenters. The molecule has 0 aromatic heterocycles. The number of hydrogen-bond acceptors (Lipinski definition) is 13. The number of rotatable bonds is 72. The Labute approximate surface area is 653 Å². The molecule has 2 aliphatic heterocycles. The molecule has 0 bridgehead atoms. The summed E-state index contributed by atoms with van der Waals surface area (Å²) in [6, 6.07) is -0.934. The molecule has 2 aliphatic rings. The molecule has 2 heterocycles. The Bertz CT molecular complexity index is 2370. The lowest BCUT2D eigenvalue weighted by molar-refractivity contribution is -0.359. The first-order valence-corrected chi connectivity index (χ1v) is 43.6. The van der Waals surface area contributed by atoms with E-state index in [2.05, 4.69) is 153 Å². The van der Waals surface area contributed by atoms with Crippen LogP contribution in [-0.4, -0.2) is 140 Å². The van der Waals surface area contributed by atoms with E-state index in [9.17, 15) is 45.6 Å². The van der Waals surface area contributed by atoms with Crippen molar-refractivity contribution in [2.45, 2.75) is 415 Å². The second-order valence-electron chi connectivity index (χ2n) is 29.9. The van der Waals surface area contributed by atoms with E-state index in [-0.39, 0.29) is 18.9 Å². The minimum absolute atomic E-state index is 0.252. The summed E-state index contributed by atoms with van der Waals surface area (Å²) in [5.74, 6) is -0.252. The molecule has 9 N–H and O–H groups in total. The van der Waals surface area contributed by atoms with E-state index in [0.29, 0.717) is 6.42 Å². The number of aliphatic hydroxyl groups is 8. The van der Waals surface area contributed by atoms with Crippen LogP contribution in [0.1, 0.15) is 341 Å². The fourth-order valence-electron chi connectivity index (χ4n) is 13.5. The van der Waals surface area contributed by atoms with Crippen molar-refractivity contribution in [1.29, 1.82) is 0 Å². The Morgan fingerprint density at radius 1 is 0.346 bits per heavy atom. The van der Waals surface area contributed by atoms with Crippen LogP contribution >= 0.6 is 0 Å². The number of hydrogen-bond donors (Lipinski definition) is 9. The monoisotopic (exact) mass is 1500 g/mol. The number of carbonyl (C=O) groups is 1. The lowest BCUT2D eigenvalue weighted by atomic mass is 9.97. The van der Waals surface area contributed by atoms with Gasteiger partial charge in [-0.3, -0.25) is 4.79 Å². The second kappa shape index (κ2) is 74.6. The van der Waals surface area contributed by atoms with Gasteiger partial charge in [0.2, 0.25) is 5.91 Å². The largest absolute Gasteiger partial charge is 0.394 e. The van der Waals surface area contributed by atoms with Crippen molar-refractivity contribution in [2.24, 2.45) is 0 Å². The van der Waals surface area contributed by atoms with Crippen molar-refractivity contribution >= 4 is 5.91 Å². The first-order chi connectivity index (χ1) is 52.6. The van der Waals surface area contributed by atoms with E-state index in [1.54, 1.807) is 6.08 Å². The van der Waals surface area contributed by atoms with Gasteiger partial charge in [-0.1, -0.05) is 378 Å². The predicted molar refractivity (Wildman–Crippen MR) is 447 cm³/mol. The average molecular weight is 1500 g/mol. The number of unbranched alkanes of at least 4 members (excludes halogenated alkanes) is 37. The van der Waals surface area contributed by atoms with Crippen LogP contribution < -0.4 is 5.32 Å². The first-order valence-electron chi connectivity index (χ1n) is 43.6. The van der Waals surface area contributed by atoms with Crippen LogP contribution in [0.5, 0.6) is 0 Å². The van der Waals surface area contributed by atoms with E-state index in [0.717, 1.165) is 135 Å². The summed E-state index contributed by atoms with van der Waals surface area (Å²) >= 11 is 0. The summed E-state index contributed by atoms with van der Waals surface area (Å²) in [6.45, 7) is 2.71. The van der Waals surface area contributed by atoms with E-state index in [1.807, 2.05) is 6.08 Å². The van der Waals surface area contributed by atoms with Gasteiger partial charge in [0.25, 0.3) is 0 Å². The fraction of sp³-hybridized carbons (Fsp3) is 0.731. The average Bonchev–Trinajstić information content (AvgIpc) is 0.789. The highest BCUT2D eigenvalue weighted by molar-refractivity contribution is 5.76. The lowest BCUT2D eigenvalue weighted by Crippen LogP contribution is -2.65. The van der Waals surface area contributed by atoms with E-state index in [1.165, 1.54) is 180 Å². The minimum Gasteiger partial charge on any atom is -0.394 e. The molecular weight excluding hydrogens is 1340 g/mol. The molecule has 0 aromatic rings. The predicted octanol–water partition coefficient (Wildman–Crippen LogP) is 21.1. The number of aliphatic hydroxyl groups excluding tert-OH is 8. The third-order valence-corrected chi connectivity index (χ3v) is 20.3. The number of carbonyl (C=O) groups excluding carboxylic acids is 1. The Morgan fingerprint density at radius 3 is 0.991 bits per heavy atom. The van der Waals surface area contributed by atoms with Gasteiger partial charge in [0, 0.05) is 6.42 Å². The summed E-state index contributed by atoms with van der Waals surface area (Å²) in [4.78, 5) is 13.4. The van der Waals surface area contributed by atoms with Crippen LogP contribution in [0, 0.1) is 0 Å². The highest BCUT2D eigenvalue weighted by Gasteiger charge is 2.51. The van der Waals surface area contributed by atoms with Crippen LogP contribution in [0.15, 0.2) is 146 Å². The van der Waals surface area contributed by atoms with Crippen molar-refractivity contribution in [3.63, 3.8) is 0 Å². The van der Waals surface area contributed by atoms with Crippen LogP contribution in [0.2, 0.25) is 0 Å². The third kappa shape index (κ3) is 56.7. The summed E-state index contributed by atoms with van der Waals surface area (Å²) < 4.78 is 22.9. The first kappa shape index (κ1) is 98.9. The standard InChI is InChI=1S/C93H159NO13/c1-3-5-7-9-11-13-15-17-19-21-23-25-27-29-31-33-35-37-38-39-40-41-42-43-44-45-47-49-51-53-55-57-59-61-63-65-67-69-71-73-75-77-85(98)94-81(80-104-92-90(103)88(101)91(84(79-96)106-92)107-93-89(102)87(100)86(99)83(78-95)105-93)82(97)76-74-72-70-68-66-64-62-60-58-56-54-52-50-48-46-36-34-32-30-28-26-24-22-20-18-16-14-12-10-8-6-4-2/h5,7,11,13,17,19,23,25,29,31,35,37,39-40,42-43,45,47,51,53,57,59,74,76,81-84,86-93,95-97,99-103H,3-4,6,8-10,12,14-16,18,20-22,24,26-28,30,32-34,36,38,41,44,46,48-50,52,54-56,58,60-73,75,77-80H2,1-2H3,(H,94,98)/b7-5-,13-11-,19-17-,25-23-,31-29-,37-35-,40-39-,43-42-,47-45-,53-51-,59-57-,76-74+. The third-order valence-electron chi connectivity index (χ3n) is 20.3. The zero-order valence-electron chi connectivity index (χ0n) is 67.6. The summed E-state index contributed by atoms with van der Waals surface area (Å²) in [5, 5.41) is 87.8. The Morgan fingerprint density at radius 2 is 0.645 bits per heavy atom. The molecule has 0 spiro atoms. The maximum atomic E-state index is 13.4. The molecule has 2 saturated heterocycles. The molecule has 1 amide bonds. The topological polar surface area (TPSA) is 228 Å². The number of allylic oxidation sites excluding steroid dienone is 23. The normalized spacial score (nSPS) is 22.0. The van der Waals surface area contributed by atoms with E-state index >= 15 is 0 Å². The van der Waals surface area contributed by atoms with Crippen molar-refractivity contribution in [3.8, 4) is 0 Å². The van der Waals surface area contributed by atoms with E-state index in [4.69, 9.17) is 18.9 Å².